The number of hydrogen-bond acceptors (Lipinski definition) is 11. The van der Waals surface area contributed by atoms with E-state index in [2.05, 4.69) is 136 Å². The average Bonchev–Trinajstić information content (AvgIpc) is 4.02. The van der Waals surface area contributed by atoms with Gasteiger partial charge in [0.05, 0.1) is 35.7 Å². The zero-order valence-electron chi connectivity index (χ0n) is 38.4. The summed E-state index contributed by atoms with van der Waals surface area (Å²) < 4.78 is 6.75. The fourth-order valence-corrected chi connectivity index (χ4v) is 12.9. The van der Waals surface area contributed by atoms with Crippen LogP contribution in [0.5, 0.6) is 0 Å². The Labute approximate surface area is 399 Å². The Balaban J connectivity index is 0.658. The van der Waals surface area contributed by atoms with Gasteiger partial charge in [0, 0.05) is 126 Å². The molecule has 11 nitrogen and oxygen atoms in total. The van der Waals surface area contributed by atoms with Gasteiger partial charge < -0.3 is 29.9 Å². The van der Waals surface area contributed by atoms with Crippen molar-refractivity contribution in [3.63, 3.8) is 0 Å². The average molecular weight is 921 g/mol. The van der Waals surface area contributed by atoms with E-state index in [1.165, 1.54) is 57.5 Å². The van der Waals surface area contributed by atoms with Crippen LogP contribution >= 0.6 is 23.7 Å². The van der Waals surface area contributed by atoms with Gasteiger partial charge in [-0.05, 0) is 98.9 Å². The van der Waals surface area contributed by atoms with E-state index in [1.54, 1.807) is 18.3 Å². The first kappa shape index (κ1) is 43.0. The highest BCUT2D eigenvalue weighted by molar-refractivity contribution is 8.02. The van der Waals surface area contributed by atoms with Crippen LogP contribution in [0.3, 0.4) is 0 Å². The number of nitrogens with one attached hydrogen (secondary N) is 2. The molecular formula is C53H62ClN11S. The smallest absolute Gasteiger partial charge is 0.229 e. The number of piperidine rings is 3. The molecule has 2 N–H and O–H groups in total. The number of halogens is 1. The van der Waals surface area contributed by atoms with Gasteiger partial charge in [0.25, 0.3) is 0 Å². The summed E-state index contributed by atoms with van der Waals surface area (Å²) in [7, 11) is 0. The summed E-state index contributed by atoms with van der Waals surface area (Å²) in [6.07, 6.45) is 10.2. The van der Waals surface area contributed by atoms with E-state index in [1.807, 2.05) is 0 Å². The molecule has 11 rings (SSSR count). The fraction of sp³-hybridized carbons (Fsp3) is 0.396. The van der Waals surface area contributed by atoms with Crippen LogP contribution in [0.4, 0.5) is 40.2 Å². The molecule has 6 aliphatic heterocycles. The molecule has 4 fully saturated rings. The van der Waals surface area contributed by atoms with E-state index < -0.39 is 0 Å². The van der Waals surface area contributed by atoms with Crippen molar-refractivity contribution >= 4 is 87.9 Å². The first-order chi connectivity index (χ1) is 32.1. The second-order valence-electron chi connectivity index (χ2n) is 19.0. The van der Waals surface area contributed by atoms with E-state index in [4.69, 9.17) is 23.2 Å². The van der Waals surface area contributed by atoms with Gasteiger partial charge in [0.1, 0.15) is 5.02 Å². The van der Waals surface area contributed by atoms with Crippen LogP contribution in [0.25, 0.3) is 23.9 Å². The zero-order valence-corrected chi connectivity index (χ0v) is 39.9. The molecule has 342 valence electrons. The number of anilines is 7. The molecule has 13 heteroatoms. The van der Waals surface area contributed by atoms with Crippen molar-refractivity contribution in [2.45, 2.75) is 70.4 Å². The lowest BCUT2D eigenvalue weighted by Gasteiger charge is -2.45. The van der Waals surface area contributed by atoms with Crippen molar-refractivity contribution in [3.8, 4) is 0 Å². The lowest BCUT2D eigenvalue weighted by atomic mass is 9.92. The molecule has 8 heterocycles. The predicted octanol–water partition coefficient (Wildman–Crippen LogP) is 9.26. The molecule has 2 aromatic heterocycles. The lowest BCUT2D eigenvalue weighted by molar-refractivity contribution is 0.0944. The minimum absolute atomic E-state index is 0.137. The Kier molecular flexibility index (Phi) is 11.5. The van der Waals surface area contributed by atoms with Gasteiger partial charge in [-0.25, -0.2) is 9.29 Å². The van der Waals surface area contributed by atoms with Crippen LogP contribution in [0.1, 0.15) is 62.6 Å². The minimum atomic E-state index is 0.137. The molecule has 1 unspecified atom stereocenters. The third kappa shape index (κ3) is 7.78. The number of para-hydroxylation sites is 1. The normalized spacial score (nSPS) is 20.7. The van der Waals surface area contributed by atoms with E-state index in [9.17, 15) is 0 Å². The van der Waals surface area contributed by atoms with Crippen molar-refractivity contribution in [1.82, 2.24) is 29.7 Å². The molecule has 4 saturated heterocycles. The van der Waals surface area contributed by atoms with Gasteiger partial charge in [-0.2, -0.15) is 4.98 Å². The Morgan fingerprint density at radius 1 is 0.818 bits per heavy atom. The van der Waals surface area contributed by atoms with Gasteiger partial charge in [-0.15, -0.1) is 0 Å². The number of rotatable bonds is 10. The van der Waals surface area contributed by atoms with Gasteiger partial charge >= 0.3 is 0 Å². The van der Waals surface area contributed by atoms with Crippen LogP contribution in [-0.4, -0.2) is 89.3 Å². The number of hydrogen-bond donors (Lipinski definition) is 2. The number of piperazine rings is 1. The number of nitrogens with zero attached hydrogens (tertiary/aromatic N) is 9. The van der Waals surface area contributed by atoms with Gasteiger partial charge in [0.2, 0.25) is 5.95 Å². The first-order valence-electron chi connectivity index (χ1n) is 24.0. The van der Waals surface area contributed by atoms with Gasteiger partial charge in [0.15, 0.2) is 5.82 Å². The van der Waals surface area contributed by atoms with Crippen molar-refractivity contribution < 1.29 is 0 Å². The van der Waals surface area contributed by atoms with Crippen LogP contribution < -0.4 is 39.7 Å². The Morgan fingerprint density at radius 2 is 1.55 bits per heavy atom. The van der Waals surface area contributed by atoms with Crippen LogP contribution in [0.15, 0.2) is 97.6 Å². The highest BCUT2D eigenvalue weighted by Gasteiger charge is 2.37. The summed E-state index contributed by atoms with van der Waals surface area (Å²) >= 11 is 8.39. The molecule has 3 aromatic carbocycles. The number of fused-ring (bicyclic) bond motifs is 1. The number of aryl methyl sites for hydroxylation is 1. The highest BCUT2D eigenvalue weighted by atomic mass is 35.5. The molecule has 5 aromatic rings. The summed E-state index contributed by atoms with van der Waals surface area (Å²) in [4.78, 5) is 20.0. The summed E-state index contributed by atoms with van der Waals surface area (Å²) in [5.41, 5.74) is 12.0. The third-order valence-corrected chi connectivity index (χ3v) is 16.7. The molecule has 66 heavy (non-hydrogen) atoms. The molecular weight excluding hydrogens is 858 g/mol. The largest absolute Gasteiger partial charge is 0.372 e. The van der Waals surface area contributed by atoms with Crippen LogP contribution in [-0.2, 0) is 12.8 Å². The summed E-state index contributed by atoms with van der Waals surface area (Å²) in [5, 5.41) is 11.8. The summed E-state index contributed by atoms with van der Waals surface area (Å²) in [6, 6.07) is 20.9. The summed E-state index contributed by atoms with van der Waals surface area (Å²) in [5.74, 6) is 1.78. The maximum atomic E-state index is 6.73. The van der Waals surface area contributed by atoms with Crippen molar-refractivity contribution in [2.24, 2.45) is 5.92 Å². The molecule has 0 aliphatic carbocycles. The van der Waals surface area contributed by atoms with Crippen LogP contribution in [0.2, 0.25) is 5.02 Å². The highest BCUT2D eigenvalue weighted by Crippen LogP contribution is 2.54. The molecule has 0 saturated carbocycles. The Morgan fingerprint density at radius 3 is 2.30 bits per heavy atom. The molecule has 0 radical (unpaired) electrons. The second-order valence-corrected chi connectivity index (χ2v) is 20.4. The minimum Gasteiger partial charge on any atom is -0.372 e. The fourth-order valence-electron chi connectivity index (χ4n) is 11.6. The number of aromatic nitrogens is 3. The Bertz CT molecular complexity index is 2830. The SMILES string of the molecule is C=C1CCC(n2c(=C)c3ccc(N4CCC(C(=C)N5CCN(C6CCN(c7ccc(Nc8ncc(Cl)c(N9SN%10CCc%11cccc9c%11%10)n8)c(CC)c7)CC6)CC5)CC4)cc3c2=C)C(=C)N1. The second kappa shape index (κ2) is 17.6. The van der Waals surface area contributed by atoms with Crippen molar-refractivity contribution in [2.75, 3.05) is 82.6 Å². The monoisotopic (exact) mass is 919 g/mol. The molecule has 1 atom stereocenters. The topological polar surface area (TPSA) is 74.2 Å². The summed E-state index contributed by atoms with van der Waals surface area (Å²) in [6.45, 7) is 33.9. The lowest BCUT2D eigenvalue weighted by Crippen LogP contribution is -2.53. The van der Waals surface area contributed by atoms with E-state index in [0.29, 0.717) is 28.7 Å². The number of benzene rings is 3. The Hall–Kier alpha value is -5.56. The van der Waals surface area contributed by atoms with Crippen LogP contribution in [0, 0.1) is 5.92 Å². The zero-order chi connectivity index (χ0) is 45.2. The van der Waals surface area contributed by atoms with E-state index in [0.717, 1.165) is 131 Å². The maximum absolute atomic E-state index is 6.73. The van der Waals surface area contributed by atoms with E-state index >= 15 is 0 Å². The van der Waals surface area contributed by atoms with Gasteiger partial charge in [-0.1, -0.05) is 69.6 Å². The molecule has 0 bridgehead atoms. The predicted molar refractivity (Wildman–Crippen MR) is 278 cm³/mol. The van der Waals surface area contributed by atoms with Crippen molar-refractivity contribution in [3.05, 3.63) is 124 Å². The molecule has 0 amide bonds. The molecule has 0 spiro atoms. The first-order valence-corrected chi connectivity index (χ1v) is 25.2. The maximum Gasteiger partial charge on any atom is 0.229 e. The van der Waals surface area contributed by atoms with E-state index in [-0.39, 0.29) is 6.04 Å². The van der Waals surface area contributed by atoms with Gasteiger partial charge in [-0.3, -0.25) is 9.21 Å². The standard InChI is InChI=1S/C53H62ClN11S/c1-7-39-31-43(13-15-48(39)57-53-55-33-47(54)52(58-53)65-50-10-8-9-41-19-26-63(66-65)51(41)50)61-24-20-42(21-25-61)62-29-27-59(28-30-62)36(4)40-17-22-60(23-18-40)44-12-14-45-37(5)64(38(6)46(45)32-44)49-16-11-34(2)56-35(49)3/h8-10,12-15,31-33,40,42,49,56H,2-7,11,16-30H2,1H3,(H,55,57,58). The number of allylic oxidation sites excluding steroid dienone is 3. The third-order valence-electron chi connectivity index (χ3n) is 15.3. The van der Waals surface area contributed by atoms with Crippen molar-refractivity contribution in [1.29, 1.82) is 0 Å². The molecule has 6 aliphatic rings. The quantitative estimate of drug-likeness (QED) is 0.132.